The van der Waals surface area contributed by atoms with Crippen molar-refractivity contribution < 1.29 is 14.3 Å². The van der Waals surface area contributed by atoms with Crippen LogP contribution in [0.2, 0.25) is 0 Å². The predicted molar refractivity (Wildman–Crippen MR) is 78.3 cm³/mol. The highest BCUT2D eigenvalue weighted by Crippen LogP contribution is 2.16. The Kier molecular flexibility index (Phi) is 4.27. The molecule has 0 atom stereocenters. The molecule has 114 valence electrons. The first kappa shape index (κ1) is 15.4. The van der Waals surface area contributed by atoms with E-state index >= 15 is 0 Å². The molecule has 2 rings (SSSR count). The van der Waals surface area contributed by atoms with Gasteiger partial charge in [0.25, 0.3) is 0 Å². The zero-order valence-electron chi connectivity index (χ0n) is 12.5. The lowest BCUT2D eigenvalue weighted by molar-refractivity contribution is -0.132. The van der Waals surface area contributed by atoms with Gasteiger partial charge in [-0.1, -0.05) is 6.07 Å². The first-order chi connectivity index (χ1) is 9.76. The summed E-state index contributed by atoms with van der Waals surface area (Å²) in [4.78, 5) is 20.6. The summed E-state index contributed by atoms with van der Waals surface area (Å²) in [5.74, 6) is 0.124. The number of para-hydroxylation sites is 1. The van der Waals surface area contributed by atoms with E-state index in [2.05, 4.69) is 9.97 Å². The number of carbonyl (C=O) groups is 1. The summed E-state index contributed by atoms with van der Waals surface area (Å²) in [5.41, 5.74) is -0.000478. The highest BCUT2D eigenvalue weighted by molar-refractivity contribution is 5.77. The highest BCUT2D eigenvalue weighted by Gasteiger charge is 2.19. The number of likely N-dealkylation sites (N-methyl/N-ethyl adjacent to an activating group) is 1. The second-order valence-electron chi connectivity index (χ2n) is 5.88. The Bertz CT molecular complexity index is 646. The predicted octanol–water partition coefficient (Wildman–Crippen LogP) is 1.86. The summed E-state index contributed by atoms with van der Waals surface area (Å²) in [6, 6.07) is 4.72. The number of H-pyrrole nitrogens is 1. The van der Waals surface area contributed by atoms with Crippen LogP contribution < -0.4 is 0 Å². The molecule has 0 aliphatic heterocycles. The molecule has 0 unspecified atom stereocenters. The van der Waals surface area contributed by atoms with Gasteiger partial charge in [-0.2, -0.15) is 0 Å². The molecule has 1 aromatic heterocycles. The molecule has 0 aliphatic rings. The largest absolute Gasteiger partial charge is 0.389 e. The molecule has 0 bridgehead atoms. The number of carbonyl (C=O) groups excluding carboxylic acids is 1. The van der Waals surface area contributed by atoms with E-state index < -0.39 is 5.60 Å². The number of hydrogen-bond acceptors (Lipinski definition) is 3. The molecule has 0 radical (unpaired) electrons. The minimum Gasteiger partial charge on any atom is -0.389 e. The highest BCUT2D eigenvalue weighted by atomic mass is 19.1. The summed E-state index contributed by atoms with van der Waals surface area (Å²) >= 11 is 0. The normalized spacial score (nSPS) is 11.9. The monoisotopic (exact) mass is 293 g/mol. The Labute approximate surface area is 122 Å². The fraction of sp³-hybridized carbons (Fsp3) is 0.467. The van der Waals surface area contributed by atoms with Crippen LogP contribution in [-0.2, 0) is 11.2 Å². The van der Waals surface area contributed by atoms with E-state index in [0.717, 1.165) is 0 Å². The molecule has 1 aromatic carbocycles. The average Bonchev–Trinajstić information content (AvgIpc) is 2.78. The van der Waals surface area contributed by atoms with Gasteiger partial charge >= 0.3 is 0 Å². The van der Waals surface area contributed by atoms with Gasteiger partial charge in [0.2, 0.25) is 5.91 Å². The maximum atomic E-state index is 13.5. The number of benzene rings is 1. The van der Waals surface area contributed by atoms with Crippen molar-refractivity contribution in [2.75, 3.05) is 13.6 Å². The molecular formula is C15H20FN3O2. The molecule has 0 fully saturated rings. The number of amides is 1. The summed E-state index contributed by atoms with van der Waals surface area (Å²) < 4.78 is 13.5. The van der Waals surface area contributed by atoms with Gasteiger partial charge < -0.3 is 15.0 Å². The van der Waals surface area contributed by atoms with Crippen LogP contribution in [-0.4, -0.2) is 45.1 Å². The lowest BCUT2D eigenvalue weighted by Gasteiger charge is -2.25. The third-order valence-electron chi connectivity index (χ3n) is 3.14. The Morgan fingerprint density at radius 3 is 2.81 bits per heavy atom. The van der Waals surface area contributed by atoms with Crippen molar-refractivity contribution in [1.82, 2.24) is 14.9 Å². The van der Waals surface area contributed by atoms with Crippen LogP contribution in [0.15, 0.2) is 18.2 Å². The molecule has 21 heavy (non-hydrogen) atoms. The molecule has 0 saturated heterocycles. The summed E-state index contributed by atoms with van der Waals surface area (Å²) in [6.07, 6.45) is 0.664. The fourth-order valence-corrected chi connectivity index (χ4v) is 2.25. The number of aromatic nitrogens is 2. The van der Waals surface area contributed by atoms with Crippen molar-refractivity contribution in [3.63, 3.8) is 0 Å². The molecule has 1 amide bonds. The molecule has 0 aliphatic carbocycles. The number of imidazole rings is 1. The second kappa shape index (κ2) is 5.81. The van der Waals surface area contributed by atoms with Crippen LogP contribution in [0.4, 0.5) is 4.39 Å². The van der Waals surface area contributed by atoms with E-state index in [1.165, 1.54) is 11.0 Å². The molecule has 0 spiro atoms. The van der Waals surface area contributed by atoms with Crippen LogP contribution in [0.1, 0.15) is 26.1 Å². The molecule has 0 saturated carbocycles. The Morgan fingerprint density at radius 1 is 1.48 bits per heavy atom. The van der Waals surface area contributed by atoms with Crippen molar-refractivity contribution in [2.45, 2.75) is 32.3 Å². The summed E-state index contributed by atoms with van der Waals surface area (Å²) in [5, 5.41) is 9.69. The second-order valence-corrected chi connectivity index (χ2v) is 5.88. The molecule has 1 heterocycles. The van der Waals surface area contributed by atoms with E-state index in [0.29, 0.717) is 23.3 Å². The SMILES string of the molecule is CN(CC(C)(C)O)C(=O)CCc1nc2c(F)cccc2[nH]1. The Hall–Kier alpha value is -1.95. The topological polar surface area (TPSA) is 69.2 Å². The number of rotatable bonds is 5. The van der Waals surface area contributed by atoms with Gasteiger partial charge in [0.15, 0.2) is 5.82 Å². The molecule has 5 nitrogen and oxygen atoms in total. The van der Waals surface area contributed by atoms with Crippen molar-refractivity contribution in [3.8, 4) is 0 Å². The fourth-order valence-electron chi connectivity index (χ4n) is 2.25. The summed E-state index contributed by atoms with van der Waals surface area (Å²) in [7, 11) is 1.65. The van der Waals surface area contributed by atoms with Gasteiger partial charge in [-0.15, -0.1) is 0 Å². The smallest absolute Gasteiger partial charge is 0.222 e. The molecule has 2 N–H and O–H groups in total. The first-order valence-corrected chi connectivity index (χ1v) is 6.86. The third kappa shape index (κ3) is 4.01. The number of aryl methyl sites for hydroxylation is 1. The lowest BCUT2D eigenvalue weighted by Crippen LogP contribution is -2.39. The maximum Gasteiger partial charge on any atom is 0.222 e. The van der Waals surface area contributed by atoms with Gasteiger partial charge in [-0.3, -0.25) is 4.79 Å². The van der Waals surface area contributed by atoms with E-state index in [-0.39, 0.29) is 24.7 Å². The molecule has 6 heteroatoms. The number of halogens is 1. The van der Waals surface area contributed by atoms with Crippen molar-refractivity contribution in [2.24, 2.45) is 0 Å². The lowest BCUT2D eigenvalue weighted by atomic mass is 10.1. The number of aromatic amines is 1. The standard InChI is InChI=1S/C15H20FN3O2/c1-15(2,21)9-19(3)13(20)8-7-12-17-11-6-4-5-10(16)14(11)18-12/h4-6,21H,7-9H2,1-3H3,(H,17,18). The Balaban J connectivity index is 1.98. The van der Waals surface area contributed by atoms with Crippen molar-refractivity contribution >= 4 is 16.9 Å². The molecular weight excluding hydrogens is 273 g/mol. The van der Waals surface area contributed by atoms with Gasteiger partial charge in [-0.25, -0.2) is 9.37 Å². The van der Waals surface area contributed by atoms with Gasteiger partial charge in [0.05, 0.1) is 11.1 Å². The van der Waals surface area contributed by atoms with Crippen molar-refractivity contribution in [1.29, 1.82) is 0 Å². The van der Waals surface area contributed by atoms with Crippen LogP contribution in [0.5, 0.6) is 0 Å². The number of nitrogens with zero attached hydrogens (tertiary/aromatic N) is 2. The van der Waals surface area contributed by atoms with Crippen molar-refractivity contribution in [3.05, 3.63) is 29.8 Å². The zero-order valence-corrected chi connectivity index (χ0v) is 12.5. The van der Waals surface area contributed by atoms with E-state index in [4.69, 9.17) is 0 Å². The Morgan fingerprint density at radius 2 is 2.19 bits per heavy atom. The average molecular weight is 293 g/mol. The van der Waals surface area contributed by atoms with Crippen LogP contribution in [0.25, 0.3) is 11.0 Å². The van der Waals surface area contributed by atoms with Gasteiger partial charge in [-0.05, 0) is 26.0 Å². The van der Waals surface area contributed by atoms with E-state index in [1.807, 2.05) is 0 Å². The number of aliphatic hydroxyl groups is 1. The molecule has 2 aromatic rings. The quantitative estimate of drug-likeness (QED) is 0.884. The minimum absolute atomic E-state index is 0.0851. The van der Waals surface area contributed by atoms with Crippen LogP contribution in [0, 0.1) is 5.82 Å². The van der Waals surface area contributed by atoms with Crippen LogP contribution >= 0.6 is 0 Å². The first-order valence-electron chi connectivity index (χ1n) is 6.86. The van der Waals surface area contributed by atoms with E-state index in [9.17, 15) is 14.3 Å². The maximum absolute atomic E-state index is 13.5. The van der Waals surface area contributed by atoms with Gasteiger partial charge in [0, 0.05) is 26.4 Å². The third-order valence-corrected chi connectivity index (χ3v) is 3.14. The minimum atomic E-state index is -0.924. The number of hydrogen-bond donors (Lipinski definition) is 2. The number of nitrogens with one attached hydrogen (secondary N) is 1. The van der Waals surface area contributed by atoms with Gasteiger partial charge in [0.1, 0.15) is 11.3 Å². The summed E-state index contributed by atoms with van der Waals surface area (Å²) in [6.45, 7) is 3.57. The number of fused-ring (bicyclic) bond motifs is 1. The van der Waals surface area contributed by atoms with Crippen LogP contribution in [0.3, 0.4) is 0 Å². The zero-order chi connectivity index (χ0) is 15.6. The van der Waals surface area contributed by atoms with E-state index in [1.54, 1.807) is 33.0 Å².